The van der Waals surface area contributed by atoms with E-state index in [1.807, 2.05) is 0 Å². The Morgan fingerprint density at radius 3 is 1.82 bits per heavy atom. The molecule has 0 aliphatic heterocycles. The SMILES string of the molecule is c1ccc(-c2ccc(N(c3ccccc3)c3cccc4c3c3c(-c5ccc6ccccc6c5)c5c(cc3n4-c3ccccc3)oc3ccccc35)cc2)cc1. The molecule has 2 aromatic heterocycles. The van der Waals surface area contributed by atoms with Crippen LogP contribution in [0.4, 0.5) is 17.1 Å². The standard InChI is InChI=1S/C52H34N2O/c1-4-15-35(16-5-1)37-29-31-42(32-30-37)53(40-19-6-2-7-20-40)44-24-14-25-45-51(44)52-46(54(45)41-21-8-3-9-22-41)34-48-50(43-23-12-13-26-47(43)55-48)49(52)39-28-27-36-17-10-11-18-38(36)33-39/h1-34H. The van der Waals surface area contributed by atoms with Crippen molar-refractivity contribution in [2.24, 2.45) is 0 Å². The number of anilines is 3. The van der Waals surface area contributed by atoms with Crippen molar-refractivity contribution in [3.63, 3.8) is 0 Å². The summed E-state index contributed by atoms with van der Waals surface area (Å²) >= 11 is 0. The van der Waals surface area contributed by atoms with Gasteiger partial charge in [-0.15, -0.1) is 0 Å². The van der Waals surface area contributed by atoms with Crippen LogP contribution < -0.4 is 4.90 Å². The van der Waals surface area contributed by atoms with Gasteiger partial charge >= 0.3 is 0 Å². The lowest BCUT2D eigenvalue weighted by Crippen LogP contribution is -2.10. The topological polar surface area (TPSA) is 21.3 Å². The quantitative estimate of drug-likeness (QED) is 0.172. The Labute approximate surface area is 318 Å². The van der Waals surface area contributed by atoms with Gasteiger partial charge in [-0.05, 0) is 88.1 Å². The maximum atomic E-state index is 6.74. The number of furan rings is 1. The minimum atomic E-state index is 0.870. The van der Waals surface area contributed by atoms with Gasteiger partial charge in [-0.3, -0.25) is 0 Å². The Kier molecular flexibility index (Phi) is 7.17. The summed E-state index contributed by atoms with van der Waals surface area (Å²) in [4.78, 5) is 2.41. The van der Waals surface area contributed by atoms with Gasteiger partial charge < -0.3 is 13.9 Å². The number of rotatable bonds is 6. The summed E-state index contributed by atoms with van der Waals surface area (Å²) < 4.78 is 9.15. The molecule has 0 atom stereocenters. The molecular formula is C52H34N2O. The predicted molar refractivity (Wildman–Crippen MR) is 231 cm³/mol. The zero-order valence-corrected chi connectivity index (χ0v) is 29.9. The molecule has 0 bridgehead atoms. The third-order valence-corrected chi connectivity index (χ3v) is 10.9. The lowest BCUT2D eigenvalue weighted by atomic mass is 9.92. The maximum absolute atomic E-state index is 6.74. The van der Waals surface area contributed by atoms with Crippen LogP contribution in [0.3, 0.4) is 0 Å². The van der Waals surface area contributed by atoms with E-state index in [4.69, 9.17) is 4.42 Å². The number of fused-ring (bicyclic) bond motifs is 7. The molecule has 0 aliphatic carbocycles. The molecule has 0 fully saturated rings. The van der Waals surface area contributed by atoms with Crippen molar-refractivity contribution in [2.75, 3.05) is 4.90 Å². The van der Waals surface area contributed by atoms with Crippen LogP contribution in [0, 0.1) is 0 Å². The molecule has 0 radical (unpaired) electrons. The molecule has 11 aromatic rings. The monoisotopic (exact) mass is 702 g/mol. The van der Waals surface area contributed by atoms with Crippen LogP contribution in [0.15, 0.2) is 211 Å². The molecular weight excluding hydrogens is 669 g/mol. The number of nitrogens with zero attached hydrogens (tertiary/aromatic N) is 2. The lowest BCUT2D eigenvalue weighted by Gasteiger charge is -2.27. The highest BCUT2D eigenvalue weighted by Crippen LogP contribution is 2.50. The van der Waals surface area contributed by atoms with E-state index in [1.165, 1.54) is 38.2 Å². The fraction of sp³-hybridized carbons (Fsp3) is 0. The van der Waals surface area contributed by atoms with Gasteiger partial charge in [0.05, 0.1) is 16.7 Å². The lowest BCUT2D eigenvalue weighted by molar-refractivity contribution is 0.669. The van der Waals surface area contributed by atoms with Crippen molar-refractivity contribution in [3.8, 4) is 27.9 Å². The van der Waals surface area contributed by atoms with E-state index >= 15 is 0 Å². The van der Waals surface area contributed by atoms with Crippen LogP contribution in [0.5, 0.6) is 0 Å². The fourth-order valence-electron chi connectivity index (χ4n) is 8.52. The normalized spacial score (nSPS) is 11.6. The predicted octanol–water partition coefficient (Wildman–Crippen LogP) is 14.6. The van der Waals surface area contributed by atoms with Gasteiger partial charge in [0, 0.05) is 50.2 Å². The highest BCUT2D eigenvalue weighted by molar-refractivity contribution is 6.29. The van der Waals surface area contributed by atoms with Gasteiger partial charge in [0.15, 0.2) is 0 Å². The smallest absolute Gasteiger partial charge is 0.138 e. The number of aromatic nitrogens is 1. The number of para-hydroxylation sites is 3. The van der Waals surface area contributed by atoms with E-state index in [2.05, 4.69) is 216 Å². The van der Waals surface area contributed by atoms with Crippen molar-refractivity contribution in [1.29, 1.82) is 0 Å². The molecule has 55 heavy (non-hydrogen) atoms. The van der Waals surface area contributed by atoms with Crippen LogP contribution in [0.25, 0.3) is 82.5 Å². The Morgan fingerprint density at radius 1 is 0.382 bits per heavy atom. The maximum Gasteiger partial charge on any atom is 0.138 e. The summed E-state index contributed by atoms with van der Waals surface area (Å²) in [7, 11) is 0. The molecule has 9 aromatic carbocycles. The summed E-state index contributed by atoms with van der Waals surface area (Å²) in [6, 6.07) is 73.9. The van der Waals surface area contributed by atoms with Crippen molar-refractivity contribution in [3.05, 3.63) is 206 Å². The molecule has 3 nitrogen and oxygen atoms in total. The molecule has 3 heteroatoms. The first-order valence-corrected chi connectivity index (χ1v) is 18.8. The average Bonchev–Trinajstić information content (AvgIpc) is 3.80. The summed E-state index contributed by atoms with van der Waals surface area (Å²) in [6.07, 6.45) is 0. The summed E-state index contributed by atoms with van der Waals surface area (Å²) in [5.41, 5.74) is 13.0. The summed E-state index contributed by atoms with van der Waals surface area (Å²) in [5.74, 6) is 0. The second kappa shape index (κ2) is 12.6. The Morgan fingerprint density at radius 2 is 1.02 bits per heavy atom. The van der Waals surface area contributed by atoms with Crippen LogP contribution in [-0.4, -0.2) is 4.57 Å². The highest BCUT2D eigenvalue weighted by Gasteiger charge is 2.26. The van der Waals surface area contributed by atoms with Crippen molar-refractivity contribution < 1.29 is 4.42 Å². The summed E-state index contributed by atoms with van der Waals surface area (Å²) in [6.45, 7) is 0. The zero-order valence-electron chi connectivity index (χ0n) is 29.9. The second-order valence-corrected chi connectivity index (χ2v) is 14.1. The third kappa shape index (κ3) is 5.05. The van der Waals surface area contributed by atoms with E-state index in [9.17, 15) is 0 Å². The van der Waals surface area contributed by atoms with E-state index in [-0.39, 0.29) is 0 Å². The molecule has 0 unspecified atom stereocenters. The molecule has 0 saturated carbocycles. The van der Waals surface area contributed by atoms with E-state index in [0.717, 1.165) is 61.3 Å². The van der Waals surface area contributed by atoms with Crippen LogP contribution in [0.1, 0.15) is 0 Å². The Balaban J connectivity index is 1.30. The first-order valence-electron chi connectivity index (χ1n) is 18.8. The van der Waals surface area contributed by atoms with Gasteiger partial charge in [-0.1, -0.05) is 140 Å². The van der Waals surface area contributed by atoms with E-state index in [1.54, 1.807) is 0 Å². The minimum absolute atomic E-state index is 0.870. The Bertz CT molecular complexity index is 3180. The zero-order chi connectivity index (χ0) is 36.3. The summed E-state index contributed by atoms with van der Waals surface area (Å²) in [5, 5.41) is 7.01. The fourth-order valence-corrected chi connectivity index (χ4v) is 8.52. The Hall–Kier alpha value is -7.36. The molecule has 0 amide bonds. The third-order valence-electron chi connectivity index (χ3n) is 10.9. The second-order valence-electron chi connectivity index (χ2n) is 14.1. The van der Waals surface area contributed by atoms with Gasteiger partial charge in [0.25, 0.3) is 0 Å². The minimum Gasteiger partial charge on any atom is -0.456 e. The van der Waals surface area contributed by atoms with Gasteiger partial charge in [0.2, 0.25) is 0 Å². The van der Waals surface area contributed by atoms with Crippen molar-refractivity contribution in [2.45, 2.75) is 0 Å². The first kappa shape index (κ1) is 31.2. The van der Waals surface area contributed by atoms with Crippen molar-refractivity contribution in [1.82, 2.24) is 4.57 Å². The first-order chi connectivity index (χ1) is 27.3. The van der Waals surface area contributed by atoms with Gasteiger partial charge in [0.1, 0.15) is 11.2 Å². The van der Waals surface area contributed by atoms with Gasteiger partial charge in [-0.2, -0.15) is 0 Å². The largest absolute Gasteiger partial charge is 0.456 e. The van der Waals surface area contributed by atoms with Crippen LogP contribution in [-0.2, 0) is 0 Å². The van der Waals surface area contributed by atoms with Crippen molar-refractivity contribution >= 4 is 71.6 Å². The highest BCUT2D eigenvalue weighted by atomic mass is 16.3. The average molecular weight is 703 g/mol. The van der Waals surface area contributed by atoms with Crippen LogP contribution >= 0.6 is 0 Å². The number of benzene rings is 9. The molecule has 0 aliphatic rings. The van der Waals surface area contributed by atoms with E-state index < -0.39 is 0 Å². The molecule has 11 rings (SSSR count). The van der Waals surface area contributed by atoms with E-state index in [0.29, 0.717) is 0 Å². The molecule has 0 N–H and O–H groups in total. The van der Waals surface area contributed by atoms with Crippen LogP contribution in [0.2, 0.25) is 0 Å². The molecule has 258 valence electrons. The number of hydrogen-bond donors (Lipinski definition) is 0. The van der Waals surface area contributed by atoms with Gasteiger partial charge in [-0.25, -0.2) is 0 Å². The molecule has 0 saturated heterocycles. The number of hydrogen-bond acceptors (Lipinski definition) is 2. The molecule has 2 heterocycles. The molecule has 0 spiro atoms.